The Kier molecular flexibility index (Phi) is 6.23. The van der Waals surface area contributed by atoms with E-state index in [1.807, 2.05) is 13.8 Å². The minimum absolute atomic E-state index is 0.0849. The molecule has 1 aromatic heterocycles. The zero-order valence-corrected chi connectivity index (χ0v) is 20.9. The summed E-state index contributed by atoms with van der Waals surface area (Å²) in [5, 5.41) is 22.7. The standard InChI is InChI=1S/C26H25N3O6S/c1-5-8-16-15(2)11-12-21(30)23(16)19-13-20(17-9-6-7-10-18(17)24(19)31)27-36(34,35)22-14-28(3)26(33)29(4)25(22)32/h5-14,27,30-31H,1-4H3/b8-5-. The van der Waals surface area contributed by atoms with Crippen LogP contribution < -0.4 is 16.0 Å². The molecule has 36 heavy (non-hydrogen) atoms. The largest absolute Gasteiger partial charge is 0.507 e. The molecule has 3 aromatic carbocycles. The summed E-state index contributed by atoms with van der Waals surface area (Å²) in [6, 6.07) is 11.3. The Morgan fingerprint density at radius 2 is 1.67 bits per heavy atom. The number of sulfonamides is 1. The molecular weight excluding hydrogens is 482 g/mol. The Morgan fingerprint density at radius 1 is 1.00 bits per heavy atom. The lowest BCUT2D eigenvalue weighted by Gasteiger charge is -2.18. The number of allylic oxidation sites excluding steroid dienone is 1. The summed E-state index contributed by atoms with van der Waals surface area (Å²) in [4.78, 5) is 24.1. The molecule has 0 bridgehead atoms. The summed E-state index contributed by atoms with van der Waals surface area (Å²) in [5.41, 5.74) is 0.474. The van der Waals surface area contributed by atoms with Crippen molar-refractivity contribution in [2.75, 3.05) is 4.72 Å². The van der Waals surface area contributed by atoms with Crippen molar-refractivity contribution >= 4 is 32.6 Å². The van der Waals surface area contributed by atoms with E-state index in [4.69, 9.17) is 0 Å². The Hall–Kier alpha value is -4.31. The molecule has 0 aliphatic rings. The second-order valence-corrected chi connectivity index (χ2v) is 10.1. The first-order chi connectivity index (χ1) is 17.0. The van der Waals surface area contributed by atoms with E-state index >= 15 is 0 Å². The Morgan fingerprint density at radius 3 is 2.33 bits per heavy atom. The lowest BCUT2D eigenvalue weighted by atomic mass is 9.91. The smallest absolute Gasteiger partial charge is 0.330 e. The molecule has 0 aliphatic heterocycles. The molecule has 186 valence electrons. The van der Waals surface area contributed by atoms with Gasteiger partial charge in [0.05, 0.1) is 5.69 Å². The number of nitrogens with one attached hydrogen (secondary N) is 1. The van der Waals surface area contributed by atoms with Crippen LogP contribution >= 0.6 is 0 Å². The first-order valence-corrected chi connectivity index (χ1v) is 12.5. The van der Waals surface area contributed by atoms with Crippen molar-refractivity contribution in [3.05, 3.63) is 86.7 Å². The predicted molar refractivity (Wildman–Crippen MR) is 140 cm³/mol. The summed E-state index contributed by atoms with van der Waals surface area (Å²) in [7, 11) is -1.91. The molecule has 1 heterocycles. The van der Waals surface area contributed by atoms with E-state index in [0.717, 1.165) is 16.3 Å². The fourth-order valence-electron chi connectivity index (χ4n) is 4.17. The third-order valence-electron chi connectivity index (χ3n) is 6.01. The first-order valence-electron chi connectivity index (χ1n) is 11.0. The van der Waals surface area contributed by atoms with Crippen LogP contribution in [-0.4, -0.2) is 27.8 Å². The SMILES string of the molecule is C/C=C\c1c(C)ccc(O)c1-c1cc(NS(=O)(=O)c2cn(C)c(=O)n(C)c2=O)c2ccccc2c1O. The first kappa shape index (κ1) is 24.8. The van der Waals surface area contributed by atoms with Crippen LogP contribution in [0.4, 0.5) is 5.69 Å². The highest BCUT2D eigenvalue weighted by Crippen LogP contribution is 2.45. The molecular formula is C26H25N3O6S. The van der Waals surface area contributed by atoms with Crippen LogP contribution in [-0.2, 0) is 24.1 Å². The summed E-state index contributed by atoms with van der Waals surface area (Å²) >= 11 is 0. The highest BCUT2D eigenvalue weighted by atomic mass is 32.2. The third kappa shape index (κ3) is 4.05. The maximum Gasteiger partial charge on any atom is 0.330 e. The van der Waals surface area contributed by atoms with Gasteiger partial charge in [-0.3, -0.25) is 14.1 Å². The van der Waals surface area contributed by atoms with Gasteiger partial charge in [0.15, 0.2) is 4.90 Å². The molecule has 4 rings (SSSR count). The van der Waals surface area contributed by atoms with Gasteiger partial charge in [0.2, 0.25) is 0 Å². The quantitative estimate of drug-likeness (QED) is 0.355. The molecule has 0 saturated heterocycles. The van der Waals surface area contributed by atoms with E-state index < -0.39 is 26.2 Å². The Balaban J connectivity index is 2.02. The fraction of sp³-hybridized carbons (Fsp3) is 0.154. The van der Waals surface area contributed by atoms with Crippen molar-refractivity contribution in [2.45, 2.75) is 18.7 Å². The van der Waals surface area contributed by atoms with Gasteiger partial charge < -0.3 is 14.8 Å². The van der Waals surface area contributed by atoms with Crippen LogP contribution in [0.1, 0.15) is 18.1 Å². The maximum atomic E-state index is 13.3. The molecule has 3 N–H and O–H groups in total. The monoisotopic (exact) mass is 507 g/mol. The molecule has 0 atom stereocenters. The number of aryl methyl sites for hydroxylation is 2. The van der Waals surface area contributed by atoms with Gasteiger partial charge in [-0.15, -0.1) is 0 Å². The number of fused-ring (bicyclic) bond motifs is 1. The summed E-state index contributed by atoms with van der Waals surface area (Å²) in [6.45, 7) is 3.68. The van der Waals surface area contributed by atoms with E-state index in [1.165, 1.54) is 26.2 Å². The van der Waals surface area contributed by atoms with Crippen molar-refractivity contribution in [1.29, 1.82) is 0 Å². The number of anilines is 1. The van der Waals surface area contributed by atoms with Crippen molar-refractivity contribution in [3.63, 3.8) is 0 Å². The van der Waals surface area contributed by atoms with Gasteiger partial charge in [-0.1, -0.05) is 42.5 Å². The average Bonchev–Trinajstić information content (AvgIpc) is 2.84. The lowest BCUT2D eigenvalue weighted by molar-refractivity contribution is 0.471. The van der Waals surface area contributed by atoms with Crippen LogP contribution in [0.5, 0.6) is 11.5 Å². The number of rotatable bonds is 5. The molecule has 9 nitrogen and oxygen atoms in total. The molecule has 10 heteroatoms. The third-order valence-corrected chi connectivity index (χ3v) is 7.36. The van der Waals surface area contributed by atoms with Crippen molar-refractivity contribution in [1.82, 2.24) is 9.13 Å². The van der Waals surface area contributed by atoms with Gasteiger partial charge in [-0.25, -0.2) is 13.2 Å². The van der Waals surface area contributed by atoms with Gasteiger partial charge in [0, 0.05) is 42.2 Å². The fourth-order valence-corrected chi connectivity index (χ4v) is 5.40. The molecule has 0 aliphatic carbocycles. The van der Waals surface area contributed by atoms with Crippen LogP contribution in [0, 0.1) is 6.92 Å². The zero-order chi connectivity index (χ0) is 26.4. The van der Waals surface area contributed by atoms with Crippen molar-refractivity contribution in [2.24, 2.45) is 14.1 Å². The number of aromatic nitrogens is 2. The molecule has 0 unspecified atom stereocenters. The van der Waals surface area contributed by atoms with Crippen LogP contribution in [0.3, 0.4) is 0 Å². The minimum atomic E-state index is -4.45. The van der Waals surface area contributed by atoms with Gasteiger partial charge in [0.1, 0.15) is 11.5 Å². The second kappa shape index (κ2) is 9.04. The highest BCUT2D eigenvalue weighted by molar-refractivity contribution is 7.92. The summed E-state index contributed by atoms with van der Waals surface area (Å²) < 4.78 is 30.8. The number of phenolic OH excluding ortho intramolecular Hbond substituents is 2. The van der Waals surface area contributed by atoms with Crippen molar-refractivity contribution in [3.8, 4) is 22.6 Å². The van der Waals surface area contributed by atoms with Gasteiger partial charge in [0.25, 0.3) is 15.6 Å². The molecule has 4 aromatic rings. The minimum Gasteiger partial charge on any atom is -0.507 e. The van der Waals surface area contributed by atoms with Crippen LogP contribution in [0.15, 0.2) is 69.2 Å². The predicted octanol–water partition coefficient (Wildman–Crippen LogP) is 3.46. The average molecular weight is 508 g/mol. The number of aromatic hydroxyl groups is 2. The topological polar surface area (TPSA) is 131 Å². The number of hydrogen-bond acceptors (Lipinski definition) is 6. The number of phenols is 2. The summed E-state index contributed by atoms with van der Waals surface area (Å²) in [6.07, 6.45) is 4.55. The van der Waals surface area contributed by atoms with E-state index in [0.29, 0.717) is 26.5 Å². The maximum absolute atomic E-state index is 13.3. The van der Waals surface area contributed by atoms with Gasteiger partial charge >= 0.3 is 5.69 Å². The van der Waals surface area contributed by atoms with Crippen molar-refractivity contribution < 1.29 is 18.6 Å². The highest BCUT2D eigenvalue weighted by Gasteiger charge is 2.25. The number of hydrogen-bond donors (Lipinski definition) is 3. The Labute approximate surface area is 207 Å². The number of benzene rings is 3. The van der Waals surface area contributed by atoms with Gasteiger partial charge in [-0.05, 0) is 37.1 Å². The van der Waals surface area contributed by atoms with Gasteiger partial charge in [-0.2, -0.15) is 0 Å². The van der Waals surface area contributed by atoms with Crippen LogP contribution in [0.25, 0.3) is 28.0 Å². The summed E-state index contributed by atoms with van der Waals surface area (Å²) in [5.74, 6) is -0.238. The molecule has 0 fully saturated rings. The Bertz CT molecular complexity index is 1780. The molecule has 0 saturated carbocycles. The molecule has 0 radical (unpaired) electrons. The second-order valence-electron chi connectivity index (χ2n) is 8.41. The number of nitrogens with zero attached hydrogens (tertiary/aromatic N) is 2. The zero-order valence-electron chi connectivity index (χ0n) is 20.1. The van der Waals surface area contributed by atoms with E-state index in [1.54, 1.807) is 42.5 Å². The molecule has 0 amide bonds. The normalized spacial score (nSPS) is 11.9. The molecule has 0 spiro atoms. The van der Waals surface area contributed by atoms with E-state index in [2.05, 4.69) is 4.72 Å². The van der Waals surface area contributed by atoms with E-state index in [-0.39, 0.29) is 22.7 Å². The van der Waals surface area contributed by atoms with E-state index in [9.17, 15) is 28.2 Å². The van der Waals surface area contributed by atoms with Crippen LogP contribution in [0.2, 0.25) is 0 Å². The lowest BCUT2D eigenvalue weighted by Crippen LogP contribution is -2.40.